The molecule has 3 aromatic carbocycles. The number of carbonyl (C=O) groups is 2. The van der Waals surface area contributed by atoms with Crippen molar-refractivity contribution in [3.63, 3.8) is 0 Å². The van der Waals surface area contributed by atoms with Crippen molar-refractivity contribution < 1.29 is 27.1 Å². The topological polar surface area (TPSA) is 107 Å². The number of carbonyl (C=O) groups excluding carboxylic acids is 2. The number of anilines is 1. The molecule has 180 valence electrons. The third-order valence-corrected chi connectivity index (χ3v) is 7.50. The molecule has 0 spiro atoms. The Balaban J connectivity index is 1.69. The number of nitrogens with zero attached hydrogens (tertiary/aromatic N) is 2. The zero-order valence-corrected chi connectivity index (χ0v) is 20.3. The predicted octanol–water partition coefficient (Wildman–Crippen LogP) is 3.87. The smallest absolute Gasteiger partial charge is 0.325 e. The number of esters is 1. The van der Waals surface area contributed by atoms with Crippen LogP contribution in [0.5, 0.6) is 0 Å². The van der Waals surface area contributed by atoms with Crippen molar-refractivity contribution >= 4 is 49.1 Å². The summed E-state index contributed by atoms with van der Waals surface area (Å²) in [7, 11) is -2.66. The molecule has 1 aromatic heterocycles. The molecule has 1 amide bonds. The van der Waals surface area contributed by atoms with E-state index in [1.54, 1.807) is 18.2 Å². The van der Waals surface area contributed by atoms with Gasteiger partial charge in [-0.25, -0.2) is 12.8 Å². The second-order valence-electron chi connectivity index (χ2n) is 7.55. The number of hydrogen-bond donors (Lipinski definition) is 1. The van der Waals surface area contributed by atoms with E-state index in [1.165, 1.54) is 60.2 Å². The molecule has 1 N–H and O–H groups in total. The Hall–Kier alpha value is -3.83. The molecule has 4 rings (SSSR count). The molecule has 0 unspecified atom stereocenters. The van der Waals surface area contributed by atoms with Crippen molar-refractivity contribution in [1.82, 2.24) is 4.57 Å². The minimum atomic E-state index is -3.86. The Bertz CT molecular complexity index is 1610. The van der Waals surface area contributed by atoms with Gasteiger partial charge in [-0.2, -0.15) is 4.99 Å². The minimum absolute atomic E-state index is 0.0840. The number of halogens is 1. The third-order valence-electron chi connectivity index (χ3n) is 5.06. The van der Waals surface area contributed by atoms with Crippen molar-refractivity contribution in [3.05, 3.63) is 88.5 Å². The van der Waals surface area contributed by atoms with Crippen molar-refractivity contribution in [2.75, 3.05) is 11.8 Å². The molecular formula is C24H20FN3O5S2. The van der Waals surface area contributed by atoms with Crippen molar-refractivity contribution in [1.29, 1.82) is 0 Å². The fourth-order valence-electron chi connectivity index (χ4n) is 3.31. The van der Waals surface area contributed by atoms with E-state index in [4.69, 9.17) is 4.74 Å². The summed E-state index contributed by atoms with van der Waals surface area (Å²) in [6, 6.07) is 16.6. The van der Waals surface area contributed by atoms with Gasteiger partial charge in [0, 0.05) is 11.3 Å². The Kier molecular flexibility index (Phi) is 6.81. The van der Waals surface area contributed by atoms with Crippen LogP contribution >= 0.6 is 11.3 Å². The van der Waals surface area contributed by atoms with E-state index in [9.17, 15) is 22.4 Å². The number of hydrogen-bond acceptors (Lipinski definition) is 6. The lowest BCUT2D eigenvalue weighted by Gasteiger charge is -2.09. The first kappa shape index (κ1) is 24.3. The summed E-state index contributed by atoms with van der Waals surface area (Å²) >= 11 is 1.04. The summed E-state index contributed by atoms with van der Waals surface area (Å²) in [5, 5.41) is 0. The summed E-state index contributed by atoms with van der Waals surface area (Å²) in [5.41, 5.74) is 1.34. The standard InChI is InChI=1S/C24H20FN3O5S2/c1-15-9-11-18(12-10-15)35(31,32)27-17-6-3-5-16(13-17)23(30)26-24-28(14-21(29)33-2)22-19(25)7-4-8-20(22)34-24/h3-13,27H,14H2,1-2H3. The van der Waals surface area contributed by atoms with Crippen LogP contribution in [-0.4, -0.2) is 32.0 Å². The average molecular weight is 514 g/mol. The number of methoxy groups -OCH3 is 1. The Labute approximate surface area is 204 Å². The highest BCUT2D eigenvalue weighted by Gasteiger charge is 2.17. The number of thiazole rings is 1. The fourth-order valence-corrected chi connectivity index (χ4v) is 5.40. The maximum Gasteiger partial charge on any atom is 0.325 e. The molecule has 8 nitrogen and oxygen atoms in total. The molecule has 1 heterocycles. The zero-order chi connectivity index (χ0) is 25.2. The number of nitrogens with one attached hydrogen (secondary N) is 1. The van der Waals surface area contributed by atoms with Gasteiger partial charge in [0.15, 0.2) is 4.80 Å². The molecular weight excluding hydrogens is 493 g/mol. The van der Waals surface area contributed by atoms with Crippen LogP contribution in [0.25, 0.3) is 10.2 Å². The number of sulfonamides is 1. The molecule has 0 atom stereocenters. The second kappa shape index (κ2) is 9.80. The number of aryl methyl sites for hydroxylation is 1. The highest BCUT2D eigenvalue weighted by Crippen LogP contribution is 2.21. The number of amides is 1. The fraction of sp³-hybridized carbons (Fsp3) is 0.125. The lowest BCUT2D eigenvalue weighted by atomic mass is 10.2. The van der Waals surface area contributed by atoms with E-state index in [0.717, 1.165) is 16.9 Å². The summed E-state index contributed by atoms with van der Waals surface area (Å²) < 4.78 is 48.8. The van der Waals surface area contributed by atoms with Crippen LogP contribution in [0.2, 0.25) is 0 Å². The molecule has 11 heteroatoms. The van der Waals surface area contributed by atoms with Gasteiger partial charge in [-0.05, 0) is 49.4 Å². The maximum absolute atomic E-state index is 14.5. The van der Waals surface area contributed by atoms with Gasteiger partial charge in [0.05, 0.1) is 22.2 Å². The zero-order valence-electron chi connectivity index (χ0n) is 18.7. The van der Waals surface area contributed by atoms with Gasteiger partial charge in [0.2, 0.25) is 0 Å². The Morgan fingerprint density at radius 3 is 2.51 bits per heavy atom. The van der Waals surface area contributed by atoms with E-state index in [0.29, 0.717) is 4.70 Å². The van der Waals surface area contributed by atoms with Crippen LogP contribution in [0.3, 0.4) is 0 Å². The normalized spacial score (nSPS) is 12.0. The highest BCUT2D eigenvalue weighted by atomic mass is 32.2. The van der Waals surface area contributed by atoms with E-state index < -0.39 is 27.7 Å². The molecule has 0 saturated carbocycles. The molecule has 4 aromatic rings. The van der Waals surface area contributed by atoms with Crippen LogP contribution in [0.15, 0.2) is 76.6 Å². The van der Waals surface area contributed by atoms with Crippen LogP contribution in [-0.2, 0) is 26.1 Å². The third kappa shape index (κ3) is 5.31. The lowest BCUT2D eigenvalue weighted by molar-refractivity contribution is -0.141. The molecule has 35 heavy (non-hydrogen) atoms. The van der Waals surface area contributed by atoms with Crippen LogP contribution in [0.4, 0.5) is 10.1 Å². The molecule has 0 fully saturated rings. The van der Waals surface area contributed by atoms with Gasteiger partial charge in [0.25, 0.3) is 15.9 Å². The van der Waals surface area contributed by atoms with E-state index in [-0.39, 0.29) is 33.0 Å². The molecule has 0 aliphatic carbocycles. The molecule has 0 saturated heterocycles. The predicted molar refractivity (Wildman–Crippen MR) is 130 cm³/mol. The van der Waals surface area contributed by atoms with E-state index in [2.05, 4.69) is 9.71 Å². The summed E-state index contributed by atoms with van der Waals surface area (Å²) in [6.45, 7) is 1.52. The summed E-state index contributed by atoms with van der Waals surface area (Å²) in [6.07, 6.45) is 0. The molecule has 0 aliphatic heterocycles. The highest BCUT2D eigenvalue weighted by molar-refractivity contribution is 7.92. The maximum atomic E-state index is 14.5. The average Bonchev–Trinajstić information content (AvgIpc) is 3.17. The first-order valence-corrected chi connectivity index (χ1v) is 12.6. The summed E-state index contributed by atoms with van der Waals surface area (Å²) in [5.74, 6) is -1.88. The van der Waals surface area contributed by atoms with Gasteiger partial charge in [-0.3, -0.25) is 14.3 Å². The van der Waals surface area contributed by atoms with Crippen molar-refractivity contribution in [2.24, 2.45) is 4.99 Å². The SMILES string of the molecule is COC(=O)Cn1c(=NC(=O)c2cccc(NS(=O)(=O)c3ccc(C)cc3)c2)sc2cccc(F)c21. The van der Waals surface area contributed by atoms with Crippen LogP contribution < -0.4 is 9.52 Å². The van der Waals surface area contributed by atoms with Gasteiger partial charge in [0.1, 0.15) is 12.4 Å². The first-order chi connectivity index (χ1) is 16.7. The number of aromatic nitrogens is 1. The monoisotopic (exact) mass is 513 g/mol. The van der Waals surface area contributed by atoms with Gasteiger partial charge in [-0.15, -0.1) is 0 Å². The van der Waals surface area contributed by atoms with Crippen molar-refractivity contribution in [3.8, 4) is 0 Å². The number of fused-ring (bicyclic) bond motifs is 1. The molecule has 0 aliphatic rings. The number of benzene rings is 3. The van der Waals surface area contributed by atoms with Gasteiger partial charge >= 0.3 is 5.97 Å². The van der Waals surface area contributed by atoms with Crippen molar-refractivity contribution in [2.45, 2.75) is 18.4 Å². The Morgan fingerprint density at radius 2 is 1.80 bits per heavy atom. The lowest BCUT2D eigenvalue weighted by Crippen LogP contribution is -2.23. The quantitative estimate of drug-likeness (QED) is 0.394. The molecule has 0 bridgehead atoms. The van der Waals surface area contributed by atoms with E-state index >= 15 is 0 Å². The van der Waals surface area contributed by atoms with E-state index in [1.807, 2.05) is 6.92 Å². The summed E-state index contributed by atoms with van der Waals surface area (Å²) in [4.78, 5) is 29.1. The minimum Gasteiger partial charge on any atom is -0.468 e. The largest absolute Gasteiger partial charge is 0.468 e. The Morgan fingerprint density at radius 1 is 1.09 bits per heavy atom. The first-order valence-electron chi connectivity index (χ1n) is 10.3. The molecule has 0 radical (unpaired) electrons. The van der Waals surface area contributed by atoms with Gasteiger partial charge in [-0.1, -0.05) is 41.2 Å². The number of rotatable bonds is 6. The van der Waals surface area contributed by atoms with Gasteiger partial charge < -0.3 is 9.30 Å². The number of ether oxygens (including phenoxy) is 1. The van der Waals surface area contributed by atoms with Crippen LogP contribution in [0, 0.1) is 12.7 Å². The van der Waals surface area contributed by atoms with Crippen LogP contribution in [0.1, 0.15) is 15.9 Å². The second-order valence-corrected chi connectivity index (χ2v) is 10.2. The number of para-hydroxylation sites is 1.